The molecule has 0 N–H and O–H groups in total. The van der Waals surface area contributed by atoms with E-state index in [1.807, 2.05) is 43.3 Å². The highest BCUT2D eigenvalue weighted by Gasteiger charge is 2.06. The summed E-state index contributed by atoms with van der Waals surface area (Å²) >= 11 is 1.74. The predicted octanol–water partition coefficient (Wildman–Crippen LogP) is 4.63. The molecule has 2 aromatic rings. The van der Waals surface area contributed by atoms with Crippen LogP contribution >= 0.6 is 11.8 Å². The standard InChI is InChI=1S/C21H26N2O3S/c1-16-14-19(23-21(22-16)18-10-6-5-7-11-18)27-13-9-4-3-8-12-26-20(25)15-17(2)24/h5-7,10-11,14H,3-4,8-9,12-13,15H2,1-2H3. The maximum atomic E-state index is 11.2. The van der Waals surface area contributed by atoms with Crippen molar-refractivity contribution in [2.45, 2.75) is 51.0 Å². The number of ketones is 1. The lowest BCUT2D eigenvalue weighted by molar-refractivity contribution is -0.145. The van der Waals surface area contributed by atoms with Gasteiger partial charge in [-0.1, -0.05) is 43.2 Å². The van der Waals surface area contributed by atoms with E-state index >= 15 is 0 Å². The van der Waals surface area contributed by atoms with Gasteiger partial charge in [0, 0.05) is 11.3 Å². The van der Waals surface area contributed by atoms with Crippen molar-refractivity contribution >= 4 is 23.5 Å². The van der Waals surface area contributed by atoms with E-state index in [-0.39, 0.29) is 12.2 Å². The molecule has 1 heterocycles. The van der Waals surface area contributed by atoms with Gasteiger partial charge in [-0.25, -0.2) is 9.97 Å². The summed E-state index contributed by atoms with van der Waals surface area (Å²) in [4.78, 5) is 31.2. The average Bonchev–Trinajstić information content (AvgIpc) is 2.63. The van der Waals surface area contributed by atoms with Gasteiger partial charge in [-0.2, -0.15) is 0 Å². The molecule has 27 heavy (non-hydrogen) atoms. The Morgan fingerprint density at radius 2 is 1.78 bits per heavy atom. The summed E-state index contributed by atoms with van der Waals surface area (Å²) in [7, 11) is 0. The molecule has 0 radical (unpaired) electrons. The fourth-order valence-electron chi connectivity index (χ4n) is 2.50. The van der Waals surface area contributed by atoms with E-state index in [9.17, 15) is 9.59 Å². The number of aromatic nitrogens is 2. The summed E-state index contributed by atoms with van der Waals surface area (Å²) in [6.07, 6.45) is 3.87. The van der Waals surface area contributed by atoms with Crippen LogP contribution in [0.3, 0.4) is 0 Å². The summed E-state index contributed by atoms with van der Waals surface area (Å²) in [5.41, 5.74) is 2.00. The highest BCUT2D eigenvalue weighted by atomic mass is 32.2. The van der Waals surface area contributed by atoms with E-state index in [4.69, 9.17) is 4.74 Å². The predicted molar refractivity (Wildman–Crippen MR) is 108 cm³/mol. The number of carbonyl (C=O) groups excluding carboxylic acids is 2. The van der Waals surface area contributed by atoms with Crippen LogP contribution in [0.25, 0.3) is 11.4 Å². The SMILES string of the molecule is CC(=O)CC(=O)OCCCCCCSc1cc(C)nc(-c2ccccc2)n1. The topological polar surface area (TPSA) is 69.2 Å². The third-order valence-corrected chi connectivity index (χ3v) is 4.81. The van der Waals surface area contributed by atoms with E-state index in [0.29, 0.717) is 6.61 Å². The number of aryl methyl sites for hydroxylation is 1. The second-order valence-electron chi connectivity index (χ2n) is 6.40. The molecule has 144 valence electrons. The van der Waals surface area contributed by atoms with E-state index in [1.54, 1.807) is 11.8 Å². The fourth-order valence-corrected chi connectivity index (χ4v) is 3.47. The number of Topliss-reactive ketones (excluding diaryl/α,β-unsaturated/α-hetero) is 1. The Morgan fingerprint density at radius 1 is 1.04 bits per heavy atom. The summed E-state index contributed by atoms with van der Waals surface area (Å²) in [6.45, 7) is 3.78. The first-order valence-electron chi connectivity index (χ1n) is 9.23. The van der Waals surface area contributed by atoms with Gasteiger partial charge in [0.2, 0.25) is 0 Å². The number of thioether (sulfide) groups is 1. The van der Waals surface area contributed by atoms with Crippen LogP contribution in [0.1, 0.15) is 44.7 Å². The molecule has 0 bridgehead atoms. The monoisotopic (exact) mass is 386 g/mol. The van der Waals surface area contributed by atoms with E-state index < -0.39 is 5.97 Å². The zero-order valence-corrected chi connectivity index (χ0v) is 16.8. The Hall–Kier alpha value is -2.21. The summed E-state index contributed by atoms with van der Waals surface area (Å²) in [5, 5.41) is 1.000. The van der Waals surface area contributed by atoms with Crippen molar-refractivity contribution < 1.29 is 14.3 Å². The van der Waals surface area contributed by atoms with Gasteiger partial charge in [-0.15, -0.1) is 11.8 Å². The van der Waals surface area contributed by atoms with Gasteiger partial charge in [0.1, 0.15) is 17.2 Å². The number of esters is 1. The van der Waals surface area contributed by atoms with E-state index in [1.165, 1.54) is 6.92 Å². The van der Waals surface area contributed by atoms with Gasteiger partial charge in [0.25, 0.3) is 0 Å². The van der Waals surface area contributed by atoms with Gasteiger partial charge in [-0.05, 0) is 38.5 Å². The molecule has 0 fully saturated rings. The molecule has 5 nitrogen and oxygen atoms in total. The van der Waals surface area contributed by atoms with Crippen LogP contribution < -0.4 is 0 Å². The number of ether oxygens (including phenoxy) is 1. The fraction of sp³-hybridized carbons (Fsp3) is 0.429. The first-order valence-corrected chi connectivity index (χ1v) is 10.2. The van der Waals surface area contributed by atoms with Gasteiger partial charge < -0.3 is 4.74 Å². The van der Waals surface area contributed by atoms with Crippen molar-refractivity contribution in [3.63, 3.8) is 0 Å². The minimum Gasteiger partial charge on any atom is -0.465 e. The Bertz CT molecular complexity index is 750. The lowest BCUT2D eigenvalue weighted by Gasteiger charge is -2.06. The van der Waals surface area contributed by atoms with Crippen LogP contribution in [0.2, 0.25) is 0 Å². The highest BCUT2D eigenvalue weighted by Crippen LogP contribution is 2.22. The Balaban J connectivity index is 1.65. The van der Waals surface area contributed by atoms with Crippen molar-refractivity contribution in [3.8, 4) is 11.4 Å². The average molecular weight is 387 g/mol. The maximum Gasteiger partial charge on any atom is 0.313 e. The molecule has 0 aliphatic carbocycles. The molecule has 0 aliphatic heterocycles. The molecule has 6 heteroatoms. The van der Waals surface area contributed by atoms with Crippen molar-refractivity contribution in [2.24, 2.45) is 0 Å². The molecule has 0 saturated heterocycles. The molecule has 2 rings (SSSR count). The second kappa shape index (κ2) is 11.5. The smallest absolute Gasteiger partial charge is 0.313 e. The number of hydrogen-bond donors (Lipinski definition) is 0. The van der Waals surface area contributed by atoms with Gasteiger partial charge in [-0.3, -0.25) is 9.59 Å². The maximum absolute atomic E-state index is 11.2. The van der Waals surface area contributed by atoms with Gasteiger partial charge in [0.05, 0.1) is 6.61 Å². The molecule has 1 aromatic carbocycles. The third-order valence-electron chi connectivity index (χ3n) is 3.81. The van der Waals surface area contributed by atoms with Crippen LogP contribution in [-0.4, -0.2) is 34.1 Å². The van der Waals surface area contributed by atoms with Crippen LogP contribution in [0.15, 0.2) is 41.4 Å². The Labute approximate surface area is 165 Å². The highest BCUT2D eigenvalue weighted by molar-refractivity contribution is 7.99. The zero-order valence-electron chi connectivity index (χ0n) is 15.9. The Morgan fingerprint density at radius 3 is 2.52 bits per heavy atom. The Kier molecular flexibility index (Phi) is 8.98. The summed E-state index contributed by atoms with van der Waals surface area (Å²) in [6, 6.07) is 12.0. The number of rotatable bonds is 11. The normalized spacial score (nSPS) is 10.6. The summed E-state index contributed by atoms with van der Waals surface area (Å²) < 4.78 is 5.02. The minimum atomic E-state index is -0.425. The molecule has 0 spiro atoms. The zero-order chi connectivity index (χ0) is 19.5. The first kappa shape index (κ1) is 21.1. The molecule has 0 amide bonds. The molecular weight excluding hydrogens is 360 g/mol. The van der Waals surface area contributed by atoms with Gasteiger partial charge in [0.15, 0.2) is 5.82 Å². The van der Waals surface area contributed by atoms with Crippen LogP contribution in [0, 0.1) is 6.92 Å². The molecular formula is C21H26N2O3S. The number of nitrogens with zero attached hydrogens (tertiary/aromatic N) is 2. The number of benzene rings is 1. The lowest BCUT2D eigenvalue weighted by Crippen LogP contribution is -2.09. The second-order valence-corrected chi connectivity index (χ2v) is 7.51. The lowest BCUT2D eigenvalue weighted by atomic mass is 10.2. The molecule has 0 atom stereocenters. The van der Waals surface area contributed by atoms with Crippen molar-refractivity contribution in [1.82, 2.24) is 9.97 Å². The van der Waals surface area contributed by atoms with Crippen molar-refractivity contribution in [1.29, 1.82) is 0 Å². The molecule has 1 aromatic heterocycles. The van der Waals surface area contributed by atoms with Crippen molar-refractivity contribution in [3.05, 3.63) is 42.1 Å². The van der Waals surface area contributed by atoms with E-state index in [0.717, 1.165) is 53.5 Å². The number of carbonyl (C=O) groups is 2. The molecule has 0 unspecified atom stereocenters. The largest absolute Gasteiger partial charge is 0.465 e. The first-order chi connectivity index (χ1) is 13.0. The van der Waals surface area contributed by atoms with Crippen LogP contribution in [-0.2, 0) is 14.3 Å². The number of unbranched alkanes of at least 4 members (excludes halogenated alkanes) is 3. The quantitative estimate of drug-likeness (QED) is 0.184. The molecule has 0 saturated carbocycles. The van der Waals surface area contributed by atoms with E-state index in [2.05, 4.69) is 9.97 Å². The van der Waals surface area contributed by atoms with Gasteiger partial charge >= 0.3 is 5.97 Å². The third kappa shape index (κ3) is 8.35. The number of hydrogen-bond acceptors (Lipinski definition) is 6. The minimum absolute atomic E-state index is 0.125. The summed E-state index contributed by atoms with van der Waals surface area (Å²) in [5.74, 6) is 1.18. The van der Waals surface area contributed by atoms with Crippen LogP contribution in [0.5, 0.6) is 0 Å². The van der Waals surface area contributed by atoms with Crippen molar-refractivity contribution in [2.75, 3.05) is 12.4 Å². The molecule has 0 aliphatic rings. The van der Waals surface area contributed by atoms with Crippen LogP contribution in [0.4, 0.5) is 0 Å².